The molecule has 2 aromatic heterocycles. The van der Waals surface area contributed by atoms with Crippen molar-refractivity contribution in [3.63, 3.8) is 0 Å². The zero-order valence-corrected chi connectivity index (χ0v) is 13.4. The lowest BCUT2D eigenvalue weighted by Crippen LogP contribution is -2.29. The Hall–Kier alpha value is -1.89. The van der Waals surface area contributed by atoms with Crippen LogP contribution in [0.4, 0.5) is 0 Å². The Balaban J connectivity index is 1.96. The van der Waals surface area contributed by atoms with E-state index in [1.807, 2.05) is 11.6 Å². The first-order valence-electron chi connectivity index (χ1n) is 7.84. The van der Waals surface area contributed by atoms with E-state index in [1.54, 1.807) is 7.05 Å². The van der Waals surface area contributed by atoms with Crippen molar-refractivity contribution in [3.05, 3.63) is 26.7 Å². The molecule has 1 atom stereocenters. The van der Waals surface area contributed by atoms with Gasteiger partial charge in [-0.3, -0.25) is 19.2 Å². The molecule has 0 spiro atoms. The number of hydrogen-bond donors (Lipinski definition) is 1. The van der Waals surface area contributed by atoms with Gasteiger partial charge in [0.05, 0.1) is 6.54 Å². The van der Waals surface area contributed by atoms with Crippen LogP contribution in [0.1, 0.15) is 32.0 Å². The standard InChI is InChI=1S/C15H23N5O2/c1-10-5-4-7-20(8-6-10)9-11-16-13-12(18(11)2)14(21)17-15(22)19(13)3/h10H,4-9H2,1-3H3,(H,17,21,22)/t10-/m1/s1. The van der Waals surface area contributed by atoms with Crippen LogP contribution in [-0.2, 0) is 20.6 Å². The number of fused-ring (bicyclic) bond motifs is 1. The summed E-state index contributed by atoms with van der Waals surface area (Å²) in [7, 11) is 3.47. The number of hydrogen-bond acceptors (Lipinski definition) is 4. The minimum Gasteiger partial charge on any atom is -0.324 e. The van der Waals surface area contributed by atoms with Crippen molar-refractivity contribution in [2.24, 2.45) is 20.0 Å². The Morgan fingerprint density at radius 1 is 1.18 bits per heavy atom. The van der Waals surface area contributed by atoms with Crippen LogP contribution in [-0.4, -0.2) is 37.1 Å². The number of aromatic amines is 1. The van der Waals surface area contributed by atoms with Gasteiger partial charge in [-0.1, -0.05) is 6.92 Å². The zero-order valence-electron chi connectivity index (χ0n) is 13.4. The summed E-state index contributed by atoms with van der Waals surface area (Å²) < 4.78 is 3.20. The molecular formula is C15H23N5O2. The normalized spacial score (nSPS) is 20.4. The zero-order chi connectivity index (χ0) is 15.9. The first kappa shape index (κ1) is 15.0. The molecule has 7 nitrogen and oxygen atoms in total. The van der Waals surface area contributed by atoms with Crippen molar-refractivity contribution < 1.29 is 0 Å². The summed E-state index contributed by atoms with van der Waals surface area (Å²) in [4.78, 5) is 33.0. The predicted octanol–water partition coefficient (Wildman–Crippen LogP) is 0.582. The third-order valence-electron chi connectivity index (χ3n) is 4.70. The number of likely N-dealkylation sites (tertiary alicyclic amines) is 1. The Labute approximate surface area is 128 Å². The van der Waals surface area contributed by atoms with Gasteiger partial charge in [0.25, 0.3) is 5.56 Å². The first-order valence-corrected chi connectivity index (χ1v) is 7.84. The van der Waals surface area contributed by atoms with E-state index in [9.17, 15) is 9.59 Å². The summed E-state index contributed by atoms with van der Waals surface area (Å²) in [5, 5.41) is 0. The van der Waals surface area contributed by atoms with Crippen LogP contribution in [0.25, 0.3) is 11.2 Å². The number of rotatable bonds is 2. The molecular weight excluding hydrogens is 282 g/mol. The van der Waals surface area contributed by atoms with Crippen molar-refractivity contribution in [1.82, 2.24) is 24.0 Å². The second kappa shape index (κ2) is 5.72. The van der Waals surface area contributed by atoms with Crippen molar-refractivity contribution in [1.29, 1.82) is 0 Å². The van der Waals surface area contributed by atoms with E-state index in [4.69, 9.17) is 0 Å². The lowest BCUT2D eigenvalue weighted by Gasteiger charge is -2.19. The van der Waals surface area contributed by atoms with E-state index in [-0.39, 0.29) is 5.56 Å². The molecule has 3 rings (SSSR count). The highest BCUT2D eigenvalue weighted by Crippen LogP contribution is 2.18. The van der Waals surface area contributed by atoms with Crippen molar-refractivity contribution in [2.75, 3.05) is 13.1 Å². The Morgan fingerprint density at radius 2 is 1.95 bits per heavy atom. The Bertz CT molecular complexity index is 801. The Kier molecular flexibility index (Phi) is 3.90. The van der Waals surface area contributed by atoms with Crippen LogP contribution >= 0.6 is 0 Å². The van der Waals surface area contributed by atoms with Gasteiger partial charge in [0, 0.05) is 14.1 Å². The van der Waals surface area contributed by atoms with Gasteiger partial charge in [-0.05, 0) is 38.3 Å². The molecule has 1 N–H and O–H groups in total. The number of aryl methyl sites for hydroxylation is 2. The fourth-order valence-corrected chi connectivity index (χ4v) is 3.18. The van der Waals surface area contributed by atoms with E-state index >= 15 is 0 Å². The highest BCUT2D eigenvalue weighted by atomic mass is 16.2. The molecule has 0 amide bonds. The third kappa shape index (κ3) is 2.61. The summed E-state index contributed by atoms with van der Waals surface area (Å²) in [6.45, 7) is 5.13. The van der Waals surface area contributed by atoms with E-state index in [2.05, 4.69) is 21.8 Å². The van der Waals surface area contributed by atoms with Gasteiger partial charge in [-0.25, -0.2) is 9.78 Å². The van der Waals surface area contributed by atoms with Crippen molar-refractivity contribution in [3.8, 4) is 0 Å². The van der Waals surface area contributed by atoms with E-state index < -0.39 is 5.69 Å². The van der Waals surface area contributed by atoms with E-state index in [0.29, 0.717) is 17.7 Å². The molecule has 0 bridgehead atoms. The van der Waals surface area contributed by atoms with Gasteiger partial charge in [0.15, 0.2) is 11.2 Å². The maximum Gasteiger partial charge on any atom is 0.329 e. The lowest BCUT2D eigenvalue weighted by molar-refractivity contribution is 0.264. The fraction of sp³-hybridized carbons (Fsp3) is 0.667. The molecule has 0 unspecified atom stereocenters. The van der Waals surface area contributed by atoms with Gasteiger partial charge in [0.1, 0.15) is 5.82 Å². The maximum absolute atomic E-state index is 12.0. The molecule has 0 radical (unpaired) electrons. The lowest BCUT2D eigenvalue weighted by atomic mass is 10.0. The average Bonchev–Trinajstić information content (AvgIpc) is 2.65. The van der Waals surface area contributed by atoms with Crippen LogP contribution < -0.4 is 11.2 Å². The minimum absolute atomic E-state index is 0.371. The summed E-state index contributed by atoms with van der Waals surface area (Å²) in [6, 6.07) is 0. The average molecular weight is 305 g/mol. The second-order valence-corrected chi connectivity index (χ2v) is 6.39. The highest BCUT2D eigenvalue weighted by Gasteiger charge is 2.19. The first-order chi connectivity index (χ1) is 10.5. The molecule has 120 valence electrons. The molecule has 0 aliphatic carbocycles. The highest BCUT2D eigenvalue weighted by molar-refractivity contribution is 5.70. The van der Waals surface area contributed by atoms with Crippen molar-refractivity contribution in [2.45, 2.75) is 32.7 Å². The van der Waals surface area contributed by atoms with Gasteiger partial charge < -0.3 is 4.57 Å². The monoisotopic (exact) mass is 305 g/mol. The van der Waals surface area contributed by atoms with E-state index in [1.165, 1.54) is 23.8 Å². The number of imidazole rings is 1. The quantitative estimate of drug-likeness (QED) is 0.881. The van der Waals surface area contributed by atoms with Gasteiger partial charge in [0.2, 0.25) is 0 Å². The third-order valence-corrected chi connectivity index (χ3v) is 4.70. The summed E-state index contributed by atoms with van der Waals surface area (Å²) in [5.41, 5.74) is 0.115. The Morgan fingerprint density at radius 3 is 2.73 bits per heavy atom. The van der Waals surface area contributed by atoms with Crippen LogP contribution in [0.3, 0.4) is 0 Å². The number of H-pyrrole nitrogens is 1. The second-order valence-electron chi connectivity index (χ2n) is 6.39. The molecule has 7 heteroatoms. The van der Waals surface area contributed by atoms with Gasteiger partial charge in [-0.15, -0.1) is 0 Å². The molecule has 22 heavy (non-hydrogen) atoms. The largest absolute Gasteiger partial charge is 0.329 e. The molecule has 0 aromatic carbocycles. The predicted molar refractivity (Wildman–Crippen MR) is 84.9 cm³/mol. The van der Waals surface area contributed by atoms with Crippen LogP contribution in [0.5, 0.6) is 0 Å². The smallest absolute Gasteiger partial charge is 0.324 e. The molecule has 1 aliphatic heterocycles. The summed E-state index contributed by atoms with van der Waals surface area (Å²) >= 11 is 0. The van der Waals surface area contributed by atoms with Gasteiger partial charge in [-0.2, -0.15) is 0 Å². The fourth-order valence-electron chi connectivity index (χ4n) is 3.18. The van der Waals surface area contributed by atoms with Crippen LogP contribution in [0, 0.1) is 5.92 Å². The molecule has 2 aromatic rings. The summed E-state index contributed by atoms with van der Waals surface area (Å²) in [6.07, 6.45) is 3.67. The van der Waals surface area contributed by atoms with Crippen LogP contribution in [0.15, 0.2) is 9.59 Å². The molecule has 1 fully saturated rings. The van der Waals surface area contributed by atoms with E-state index in [0.717, 1.165) is 24.8 Å². The number of nitrogens with zero attached hydrogens (tertiary/aromatic N) is 4. The van der Waals surface area contributed by atoms with Crippen molar-refractivity contribution >= 4 is 11.2 Å². The molecule has 3 heterocycles. The molecule has 0 saturated carbocycles. The number of nitrogens with one attached hydrogen (secondary N) is 1. The SMILES string of the molecule is C[C@@H]1CCCN(Cc2nc3c(c(=O)[nH]c(=O)n3C)n2C)CC1. The topological polar surface area (TPSA) is 75.9 Å². The maximum atomic E-state index is 12.0. The van der Waals surface area contributed by atoms with Gasteiger partial charge >= 0.3 is 5.69 Å². The van der Waals surface area contributed by atoms with Crippen LogP contribution in [0.2, 0.25) is 0 Å². The summed E-state index contributed by atoms with van der Waals surface area (Å²) in [5.74, 6) is 1.60. The number of aromatic nitrogens is 4. The minimum atomic E-state index is -0.425. The molecule has 1 saturated heterocycles. The molecule has 1 aliphatic rings.